The molecule has 2 aromatic rings. The van der Waals surface area contributed by atoms with Crippen LogP contribution in [0.15, 0.2) is 34.1 Å². The standard InChI is InChI=1S/C13H17N3O2S2/c1-15-9-12(8-14-15)7-11-4-5-16(10-11)20(17,18)13-3-2-6-19-13/h2-3,6,8-9,11H,4-5,7,10H2,1H3/t11-/m1/s1. The van der Waals surface area contributed by atoms with Gasteiger partial charge in [0.15, 0.2) is 0 Å². The highest BCUT2D eigenvalue weighted by Gasteiger charge is 2.33. The number of aromatic nitrogens is 2. The molecule has 0 radical (unpaired) electrons. The molecule has 7 heteroatoms. The lowest BCUT2D eigenvalue weighted by Crippen LogP contribution is -2.28. The van der Waals surface area contributed by atoms with E-state index in [1.54, 1.807) is 26.5 Å². The van der Waals surface area contributed by atoms with Crippen LogP contribution in [0.2, 0.25) is 0 Å². The Kier molecular flexibility index (Phi) is 3.66. The van der Waals surface area contributed by atoms with E-state index < -0.39 is 10.0 Å². The number of rotatable bonds is 4. The zero-order valence-corrected chi connectivity index (χ0v) is 12.9. The normalized spacial score (nSPS) is 20.6. The van der Waals surface area contributed by atoms with Gasteiger partial charge < -0.3 is 0 Å². The van der Waals surface area contributed by atoms with Gasteiger partial charge in [-0.3, -0.25) is 4.68 Å². The maximum atomic E-state index is 12.4. The molecule has 0 amide bonds. The van der Waals surface area contributed by atoms with E-state index in [4.69, 9.17) is 0 Å². The van der Waals surface area contributed by atoms with E-state index in [0.29, 0.717) is 23.2 Å². The molecule has 1 atom stereocenters. The van der Waals surface area contributed by atoms with Crippen molar-refractivity contribution >= 4 is 21.4 Å². The Morgan fingerprint density at radius 1 is 1.50 bits per heavy atom. The quantitative estimate of drug-likeness (QED) is 0.864. The summed E-state index contributed by atoms with van der Waals surface area (Å²) in [6.45, 7) is 1.22. The largest absolute Gasteiger partial charge is 0.276 e. The molecule has 108 valence electrons. The van der Waals surface area contributed by atoms with Crippen LogP contribution in [0.3, 0.4) is 0 Å². The van der Waals surface area contributed by atoms with Crippen LogP contribution in [0.25, 0.3) is 0 Å². The second-order valence-electron chi connectivity index (χ2n) is 5.18. The third-order valence-electron chi connectivity index (χ3n) is 3.62. The van der Waals surface area contributed by atoms with Crippen LogP contribution in [0.5, 0.6) is 0 Å². The topological polar surface area (TPSA) is 55.2 Å². The summed E-state index contributed by atoms with van der Waals surface area (Å²) in [7, 11) is -1.39. The number of aryl methyl sites for hydroxylation is 1. The SMILES string of the molecule is Cn1cc(C[C@H]2CCN(S(=O)(=O)c3cccs3)C2)cn1. The molecule has 0 bridgehead atoms. The molecule has 1 saturated heterocycles. The molecule has 5 nitrogen and oxygen atoms in total. The van der Waals surface area contributed by atoms with Gasteiger partial charge in [0.25, 0.3) is 10.0 Å². The Hall–Kier alpha value is -1.18. The molecule has 1 fully saturated rings. The van der Waals surface area contributed by atoms with Crippen molar-refractivity contribution in [3.8, 4) is 0 Å². The monoisotopic (exact) mass is 311 g/mol. The molecule has 0 unspecified atom stereocenters. The molecular weight excluding hydrogens is 294 g/mol. The van der Waals surface area contributed by atoms with Gasteiger partial charge in [0, 0.05) is 26.3 Å². The Morgan fingerprint density at radius 2 is 2.35 bits per heavy atom. The Morgan fingerprint density at radius 3 is 3.00 bits per heavy atom. The average molecular weight is 311 g/mol. The minimum atomic E-state index is -3.28. The first-order valence-corrected chi connectivity index (χ1v) is 8.89. The average Bonchev–Trinajstić information content (AvgIpc) is 3.11. The van der Waals surface area contributed by atoms with Crippen molar-refractivity contribution in [1.82, 2.24) is 14.1 Å². The molecule has 0 spiro atoms. The smallest absolute Gasteiger partial charge is 0.252 e. The fourth-order valence-electron chi connectivity index (χ4n) is 2.63. The van der Waals surface area contributed by atoms with Crippen LogP contribution in [0.1, 0.15) is 12.0 Å². The molecular formula is C13H17N3O2S2. The molecule has 20 heavy (non-hydrogen) atoms. The lowest BCUT2D eigenvalue weighted by molar-refractivity contribution is 0.457. The Labute approximate surface area is 122 Å². The summed E-state index contributed by atoms with van der Waals surface area (Å²) in [5.41, 5.74) is 1.17. The van der Waals surface area contributed by atoms with Crippen molar-refractivity contribution in [2.75, 3.05) is 13.1 Å². The third-order valence-corrected chi connectivity index (χ3v) is 6.86. The molecule has 3 rings (SSSR count). The summed E-state index contributed by atoms with van der Waals surface area (Å²) in [5.74, 6) is 0.383. The first-order valence-electron chi connectivity index (χ1n) is 6.57. The molecule has 0 saturated carbocycles. The lowest BCUT2D eigenvalue weighted by atomic mass is 10.0. The van der Waals surface area contributed by atoms with E-state index in [-0.39, 0.29) is 0 Å². The number of nitrogens with zero attached hydrogens (tertiary/aromatic N) is 3. The van der Waals surface area contributed by atoms with Gasteiger partial charge in [-0.1, -0.05) is 6.07 Å². The van der Waals surface area contributed by atoms with Crippen molar-refractivity contribution in [2.45, 2.75) is 17.1 Å². The fraction of sp³-hybridized carbons (Fsp3) is 0.462. The summed E-state index contributed by atoms with van der Waals surface area (Å²) in [4.78, 5) is 0. The van der Waals surface area contributed by atoms with E-state index in [9.17, 15) is 8.42 Å². The summed E-state index contributed by atoms with van der Waals surface area (Å²) in [5, 5.41) is 5.96. The van der Waals surface area contributed by atoms with Crippen LogP contribution in [-0.4, -0.2) is 35.6 Å². The minimum Gasteiger partial charge on any atom is -0.276 e. The van der Waals surface area contributed by atoms with Crippen LogP contribution in [0, 0.1) is 5.92 Å². The number of hydrogen-bond acceptors (Lipinski definition) is 4. The second kappa shape index (κ2) is 5.31. The van der Waals surface area contributed by atoms with E-state index in [2.05, 4.69) is 5.10 Å². The van der Waals surface area contributed by atoms with Gasteiger partial charge in [-0.15, -0.1) is 11.3 Å². The van der Waals surface area contributed by atoms with E-state index >= 15 is 0 Å². The molecule has 0 N–H and O–H groups in total. The first-order chi connectivity index (χ1) is 9.55. The predicted octanol–water partition coefficient (Wildman–Crippen LogP) is 1.73. The molecule has 3 heterocycles. The fourth-order valence-corrected chi connectivity index (χ4v) is 5.31. The van der Waals surface area contributed by atoms with Gasteiger partial charge in [0.1, 0.15) is 4.21 Å². The maximum absolute atomic E-state index is 12.4. The lowest BCUT2D eigenvalue weighted by Gasteiger charge is -2.15. The van der Waals surface area contributed by atoms with Crippen LogP contribution in [0.4, 0.5) is 0 Å². The molecule has 0 aliphatic carbocycles. The van der Waals surface area contributed by atoms with Crippen molar-refractivity contribution in [3.05, 3.63) is 35.5 Å². The Balaban J connectivity index is 1.68. The van der Waals surface area contributed by atoms with Crippen LogP contribution in [-0.2, 0) is 23.5 Å². The second-order valence-corrected chi connectivity index (χ2v) is 8.29. The van der Waals surface area contributed by atoms with Gasteiger partial charge >= 0.3 is 0 Å². The van der Waals surface area contributed by atoms with Crippen molar-refractivity contribution in [1.29, 1.82) is 0 Å². The summed E-state index contributed by atoms with van der Waals surface area (Å²) in [6, 6.07) is 3.45. The summed E-state index contributed by atoms with van der Waals surface area (Å²) < 4.78 is 28.7. The molecule has 0 aromatic carbocycles. The number of hydrogen-bond donors (Lipinski definition) is 0. The van der Waals surface area contributed by atoms with E-state index in [0.717, 1.165) is 12.8 Å². The van der Waals surface area contributed by atoms with Gasteiger partial charge in [0.2, 0.25) is 0 Å². The Bertz CT molecular complexity index is 676. The third kappa shape index (κ3) is 2.65. The van der Waals surface area contributed by atoms with Crippen LogP contribution >= 0.6 is 11.3 Å². The molecule has 1 aliphatic heterocycles. The highest BCUT2D eigenvalue weighted by Crippen LogP contribution is 2.28. The minimum absolute atomic E-state index is 0.383. The van der Waals surface area contributed by atoms with E-state index in [1.165, 1.54) is 16.9 Å². The van der Waals surface area contributed by atoms with Crippen molar-refractivity contribution < 1.29 is 8.42 Å². The van der Waals surface area contributed by atoms with Crippen molar-refractivity contribution in [3.63, 3.8) is 0 Å². The van der Waals surface area contributed by atoms with Gasteiger partial charge in [0.05, 0.1) is 6.20 Å². The van der Waals surface area contributed by atoms with Gasteiger partial charge in [-0.25, -0.2) is 8.42 Å². The number of sulfonamides is 1. The maximum Gasteiger partial charge on any atom is 0.252 e. The molecule has 1 aliphatic rings. The van der Waals surface area contributed by atoms with Gasteiger partial charge in [-0.05, 0) is 35.8 Å². The van der Waals surface area contributed by atoms with Crippen molar-refractivity contribution in [2.24, 2.45) is 13.0 Å². The summed E-state index contributed by atoms with van der Waals surface area (Å²) >= 11 is 1.28. The zero-order chi connectivity index (χ0) is 14.2. The van der Waals surface area contributed by atoms with Crippen LogP contribution < -0.4 is 0 Å². The summed E-state index contributed by atoms with van der Waals surface area (Å²) in [6.07, 6.45) is 5.66. The highest BCUT2D eigenvalue weighted by atomic mass is 32.2. The van der Waals surface area contributed by atoms with Gasteiger partial charge in [-0.2, -0.15) is 9.40 Å². The highest BCUT2D eigenvalue weighted by molar-refractivity contribution is 7.91. The zero-order valence-electron chi connectivity index (χ0n) is 11.3. The number of thiophene rings is 1. The molecule has 2 aromatic heterocycles. The predicted molar refractivity (Wildman–Crippen MR) is 78.1 cm³/mol. The first kappa shape index (κ1) is 13.8. The van der Waals surface area contributed by atoms with E-state index in [1.807, 2.05) is 19.4 Å².